The van der Waals surface area contributed by atoms with Crippen molar-refractivity contribution < 1.29 is 9.21 Å². The Labute approximate surface area is 104 Å². The van der Waals surface area contributed by atoms with Gasteiger partial charge >= 0.3 is 6.01 Å². The lowest BCUT2D eigenvalue weighted by atomic mass is 10.3. The van der Waals surface area contributed by atoms with E-state index in [-0.39, 0.29) is 11.9 Å². The highest BCUT2D eigenvalue weighted by Crippen LogP contribution is 2.20. The summed E-state index contributed by atoms with van der Waals surface area (Å²) in [5, 5.41) is 14.4. The SMILES string of the molecule is CCCC(=O)Nc1nnc(-c2cc(C)nn2C)o1. The normalized spacial score (nSPS) is 10.6. The molecule has 0 bridgehead atoms. The van der Waals surface area contributed by atoms with Crippen LogP contribution in [0.4, 0.5) is 6.01 Å². The number of rotatable bonds is 4. The second kappa shape index (κ2) is 4.99. The highest BCUT2D eigenvalue weighted by atomic mass is 16.4. The first-order valence-corrected chi connectivity index (χ1v) is 5.74. The van der Waals surface area contributed by atoms with Crippen molar-refractivity contribution >= 4 is 11.9 Å². The molecule has 2 aromatic heterocycles. The van der Waals surface area contributed by atoms with Crippen molar-refractivity contribution in [1.82, 2.24) is 20.0 Å². The van der Waals surface area contributed by atoms with Gasteiger partial charge in [0.1, 0.15) is 5.69 Å². The summed E-state index contributed by atoms with van der Waals surface area (Å²) < 4.78 is 7.02. The van der Waals surface area contributed by atoms with Gasteiger partial charge in [-0.25, -0.2) is 0 Å². The molecular formula is C11H15N5O2. The van der Waals surface area contributed by atoms with Gasteiger partial charge in [-0.15, -0.1) is 5.10 Å². The van der Waals surface area contributed by atoms with E-state index in [2.05, 4.69) is 20.6 Å². The standard InChI is InChI=1S/C11H15N5O2/c1-4-5-9(17)12-11-14-13-10(18-11)8-6-7(2)15-16(8)3/h6H,4-5H2,1-3H3,(H,12,14,17). The average Bonchev–Trinajstić information content (AvgIpc) is 2.85. The number of aromatic nitrogens is 4. The number of carbonyl (C=O) groups excluding carboxylic acids is 1. The molecule has 2 rings (SSSR count). The second-order valence-corrected chi connectivity index (χ2v) is 4.01. The number of hydrogen-bond donors (Lipinski definition) is 1. The summed E-state index contributed by atoms with van der Waals surface area (Å²) in [5.41, 5.74) is 1.58. The average molecular weight is 249 g/mol. The molecule has 96 valence electrons. The molecule has 0 aliphatic heterocycles. The molecule has 0 unspecified atom stereocenters. The van der Waals surface area contributed by atoms with E-state index in [1.165, 1.54) is 0 Å². The van der Waals surface area contributed by atoms with E-state index < -0.39 is 0 Å². The van der Waals surface area contributed by atoms with Crippen molar-refractivity contribution in [3.8, 4) is 11.6 Å². The maximum Gasteiger partial charge on any atom is 0.322 e. The van der Waals surface area contributed by atoms with Gasteiger partial charge in [-0.2, -0.15) is 5.10 Å². The fourth-order valence-electron chi connectivity index (χ4n) is 1.60. The zero-order valence-electron chi connectivity index (χ0n) is 10.6. The molecule has 0 aromatic carbocycles. The first kappa shape index (κ1) is 12.3. The van der Waals surface area contributed by atoms with Gasteiger partial charge in [0.2, 0.25) is 5.91 Å². The Morgan fingerprint density at radius 2 is 2.28 bits per heavy atom. The van der Waals surface area contributed by atoms with Crippen LogP contribution in [0.1, 0.15) is 25.5 Å². The highest BCUT2D eigenvalue weighted by Gasteiger charge is 2.14. The molecule has 7 nitrogen and oxygen atoms in total. The Hall–Kier alpha value is -2.18. The van der Waals surface area contributed by atoms with E-state index in [0.717, 1.165) is 17.8 Å². The van der Waals surface area contributed by atoms with E-state index in [1.54, 1.807) is 11.7 Å². The van der Waals surface area contributed by atoms with Gasteiger partial charge in [0, 0.05) is 13.5 Å². The van der Waals surface area contributed by atoms with E-state index in [4.69, 9.17) is 4.42 Å². The molecule has 0 spiro atoms. The summed E-state index contributed by atoms with van der Waals surface area (Å²) in [5.74, 6) is 0.207. The van der Waals surface area contributed by atoms with Crippen LogP contribution in [-0.4, -0.2) is 25.9 Å². The van der Waals surface area contributed by atoms with Gasteiger partial charge in [-0.3, -0.25) is 14.8 Å². The molecule has 1 amide bonds. The Balaban J connectivity index is 2.15. The van der Waals surface area contributed by atoms with Crippen LogP contribution in [0.25, 0.3) is 11.6 Å². The predicted octanol–water partition coefficient (Wildman–Crippen LogP) is 1.52. The fourth-order valence-corrected chi connectivity index (χ4v) is 1.60. The lowest BCUT2D eigenvalue weighted by Crippen LogP contribution is -2.10. The zero-order chi connectivity index (χ0) is 13.1. The minimum atomic E-state index is -0.131. The van der Waals surface area contributed by atoms with E-state index in [9.17, 15) is 4.79 Å². The molecule has 0 aliphatic rings. The van der Waals surface area contributed by atoms with Crippen LogP contribution in [0.3, 0.4) is 0 Å². The van der Waals surface area contributed by atoms with Crippen LogP contribution in [-0.2, 0) is 11.8 Å². The number of amides is 1. The molecule has 18 heavy (non-hydrogen) atoms. The fraction of sp³-hybridized carbons (Fsp3) is 0.455. The molecule has 0 saturated heterocycles. The van der Waals surface area contributed by atoms with Crippen LogP contribution in [0.15, 0.2) is 10.5 Å². The van der Waals surface area contributed by atoms with Gasteiger partial charge in [-0.1, -0.05) is 12.0 Å². The molecule has 0 atom stereocenters. The van der Waals surface area contributed by atoms with E-state index in [1.807, 2.05) is 19.9 Å². The molecule has 7 heteroatoms. The van der Waals surface area contributed by atoms with Gasteiger partial charge in [0.15, 0.2) is 0 Å². The molecule has 2 heterocycles. The second-order valence-electron chi connectivity index (χ2n) is 4.01. The predicted molar refractivity (Wildman–Crippen MR) is 64.8 cm³/mol. The summed E-state index contributed by atoms with van der Waals surface area (Å²) >= 11 is 0. The minimum absolute atomic E-state index is 0.113. The lowest BCUT2D eigenvalue weighted by Gasteiger charge is -1.97. The van der Waals surface area contributed by atoms with Crippen LogP contribution in [0.5, 0.6) is 0 Å². The molecule has 0 saturated carbocycles. The topological polar surface area (TPSA) is 85.8 Å². The Kier molecular flexibility index (Phi) is 3.40. The Morgan fingerprint density at radius 1 is 1.50 bits per heavy atom. The summed E-state index contributed by atoms with van der Waals surface area (Å²) in [6.07, 6.45) is 1.20. The molecule has 1 N–H and O–H groups in total. The maximum absolute atomic E-state index is 11.4. The Bertz CT molecular complexity index is 558. The number of anilines is 1. The van der Waals surface area contributed by atoms with E-state index in [0.29, 0.717) is 12.3 Å². The molecule has 2 aromatic rings. The van der Waals surface area contributed by atoms with Crippen molar-refractivity contribution in [3.63, 3.8) is 0 Å². The molecule has 0 fully saturated rings. The van der Waals surface area contributed by atoms with Crippen molar-refractivity contribution in [2.24, 2.45) is 7.05 Å². The van der Waals surface area contributed by atoms with Gasteiger partial charge < -0.3 is 4.42 Å². The van der Waals surface area contributed by atoms with Crippen molar-refractivity contribution in [1.29, 1.82) is 0 Å². The van der Waals surface area contributed by atoms with Crippen LogP contribution in [0, 0.1) is 6.92 Å². The largest absolute Gasteiger partial charge is 0.401 e. The third-order valence-corrected chi connectivity index (χ3v) is 2.37. The molecule has 0 radical (unpaired) electrons. The smallest absolute Gasteiger partial charge is 0.322 e. The van der Waals surface area contributed by atoms with Crippen molar-refractivity contribution in [3.05, 3.63) is 11.8 Å². The molecule has 0 aliphatic carbocycles. The number of hydrogen-bond acceptors (Lipinski definition) is 5. The van der Waals surface area contributed by atoms with Gasteiger partial charge in [0.05, 0.1) is 5.69 Å². The first-order chi connectivity index (χ1) is 8.60. The van der Waals surface area contributed by atoms with Crippen molar-refractivity contribution in [2.75, 3.05) is 5.32 Å². The lowest BCUT2D eigenvalue weighted by molar-refractivity contribution is -0.116. The zero-order valence-corrected chi connectivity index (χ0v) is 10.6. The first-order valence-electron chi connectivity index (χ1n) is 5.74. The quantitative estimate of drug-likeness (QED) is 0.887. The van der Waals surface area contributed by atoms with Crippen LogP contribution in [0.2, 0.25) is 0 Å². The molecular weight excluding hydrogens is 234 g/mol. The Morgan fingerprint density at radius 3 is 2.89 bits per heavy atom. The minimum Gasteiger partial charge on any atom is -0.401 e. The third-order valence-electron chi connectivity index (χ3n) is 2.37. The summed E-state index contributed by atoms with van der Waals surface area (Å²) in [4.78, 5) is 11.4. The number of carbonyl (C=O) groups is 1. The maximum atomic E-state index is 11.4. The third kappa shape index (κ3) is 2.55. The number of aryl methyl sites for hydroxylation is 2. The number of nitrogens with zero attached hydrogens (tertiary/aromatic N) is 4. The van der Waals surface area contributed by atoms with Crippen LogP contribution < -0.4 is 5.32 Å². The summed E-state index contributed by atoms with van der Waals surface area (Å²) in [7, 11) is 1.79. The highest BCUT2D eigenvalue weighted by molar-refractivity contribution is 5.88. The monoisotopic (exact) mass is 249 g/mol. The van der Waals surface area contributed by atoms with Crippen molar-refractivity contribution in [2.45, 2.75) is 26.7 Å². The summed E-state index contributed by atoms with van der Waals surface area (Å²) in [6.45, 7) is 3.81. The van der Waals surface area contributed by atoms with Gasteiger partial charge in [0.25, 0.3) is 5.89 Å². The van der Waals surface area contributed by atoms with E-state index >= 15 is 0 Å². The summed E-state index contributed by atoms with van der Waals surface area (Å²) in [6, 6.07) is 1.95. The van der Waals surface area contributed by atoms with Crippen LogP contribution >= 0.6 is 0 Å². The number of nitrogens with one attached hydrogen (secondary N) is 1. The van der Waals surface area contributed by atoms with Gasteiger partial charge in [-0.05, 0) is 19.4 Å².